The molecule has 3 rings (SSSR count). The highest BCUT2D eigenvalue weighted by atomic mass is 35.5. The van der Waals surface area contributed by atoms with Crippen LogP contribution < -0.4 is 16.0 Å². The molecule has 2 N–H and O–H groups in total. The number of aryl methyl sites for hydroxylation is 2. The van der Waals surface area contributed by atoms with E-state index in [4.69, 9.17) is 10.5 Å². The molecule has 2 aromatic carbocycles. The molecule has 3 aromatic rings. The highest BCUT2D eigenvalue weighted by Gasteiger charge is 2.11. The number of rotatable bonds is 7. The van der Waals surface area contributed by atoms with Gasteiger partial charge in [-0.05, 0) is 54.8 Å². The van der Waals surface area contributed by atoms with Crippen LogP contribution in [-0.2, 0) is 19.5 Å². The number of nitrogens with zero attached hydrogens (tertiary/aromatic N) is 2. The Kier molecular flexibility index (Phi) is 7.87. The molecule has 0 atom stereocenters. The first-order chi connectivity index (χ1) is 13.5. The van der Waals surface area contributed by atoms with E-state index in [1.807, 2.05) is 0 Å². The van der Waals surface area contributed by atoms with Gasteiger partial charge in [-0.1, -0.05) is 12.1 Å². The third kappa shape index (κ3) is 5.40. The lowest BCUT2D eigenvalue weighted by atomic mass is 10.1. The van der Waals surface area contributed by atoms with E-state index >= 15 is 0 Å². The number of ether oxygens (including phenoxy) is 1. The number of hydrogen-bond donors (Lipinski definition) is 1. The molecule has 0 aliphatic rings. The summed E-state index contributed by atoms with van der Waals surface area (Å²) in [6.45, 7) is 0.431. The average molecular weight is 422 g/mol. The van der Waals surface area contributed by atoms with Crippen molar-refractivity contribution in [1.29, 1.82) is 0 Å². The molecule has 0 spiro atoms. The summed E-state index contributed by atoms with van der Waals surface area (Å²) in [6, 6.07) is 12.3. The SMILES string of the molecule is COc1ccc(-c2cc(CN)c(=O)n(CCCc3ccc(F)cc3)n2)cc1F.Cl. The number of benzene rings is 2. The molecule has 29 heavy (non-hydrogen) atoms. The summed E-state index contributed by atoms with van der Waals surface area (Å²) in [6.07, 6.45) is 1.32. The van der Waals surface area contributed by atoms with E-state index in [1.165, 1.54) is 36.1 Å². The maximum Gasteiger partial charge on any atom is 0.271 e. The number of halogens is 3. The molecular weight excluding hydrogens is 400 g/mol. The van der Waals surface area contributed by atoms with Gasteiger partial charge in [-0.2, -0.15) is 5.10 Å². The number of methoxy groups -OCH3 is 1. The molecule has 1 heterocycles. The fourth-order valence-corrected chi connectivity index (χ4v) is 2.95. The first-order valence-electron chi connectivity index (χ1n) is 8.91. The second-order valence-electron chi connectivity index (χ2n) is 6.37. The van der Waals surface area contributed by atoms with Crippen LogP contribution >= 0.6 is 12.4 Å². The van der Waals surface area contributed by atoms with Crippen LogP contribution in [0, 0.1) is 11.6 Å². The van der Waals surface area contributed by atoms with Crippen LogP contribution in [-0.4, -0.2) is 16.9 Å². The highest BCUT2D eigenvalue weighted by molar-refractivity contribution is 5.85. The topological polar surface area (TPSA) is 70.1 Å². The molecule has 0 radical (unpaired) electrons. The van der Waals surface area contributed by atoms with Gasteiger partial charge in [0.2, 0.25) is 0 Å². The summed E-state index contributed by atoms with van der Waals surface area (Å²) in [5, 5.41) is 4.37. The molecule has 0 amide bonds. The zero-order valence-corrected chi connectivity index (χ0v) is 16.7. The van der Waals surface area contributed by atoms with Crippen molar-refractivity contribution in [2.24, 2.45) is 5.73 Å². The lowest BCUT2D eigenvalue weighted by Crippen LogP contribution is -2.28. The Morgan fingerprint density at radius 1 is 1.10 bits per heavy atom. The Morgan fingerprint density at radius 2 is 1.83 bits per heavy atom. The van der Waals surface area contributed by atoms with Crippen molar-refractivity contribution < 1.29 is 13.5 Å². The molecule has 0 saturated carbocycles. The predicted octanol–water partition coefficient (Wildman–Crippen LogP) is 3.71. The van der Waals surface area contributed by atoms with Crippen molar-refractivity contribution in [3.63, 3.8) is 0 Å². The Balaban J connectivity index is 0.00000300. The van der Waals surface area contributed by atoms with Gasteiger partial charge in [0.15, 0.2) is 11.6 Å². The van der Waals surface area contributed by atoms with Crippen LogP contribution in [0.4, 0.5) is 8.78 Å². The summed E-state index contributed by atoms with van der Waals surface area (Å²) < 4.78 is 33.3. The van der Waals surface area contributed by atoms with Gasteiger partial charge >= 0.3 is 0 Å². The van der Waals surface area contributed by atoms with Crippen LogP contribution in [0.25, 0.3) is 11.3 Å². The van der Waals surface area contributed by atoms with Gasteiger partial charge in [0.05, 0.1) is 12.8 Å². The molecule has 0 saturated heterocycles. The number of aromatic nitrogens is 2. The molecule has 0 fully saturated rings. The fourth-order valence-electron chi connectivity index (χ4n) is 2.95. The lowest BCUT2D eigenvalue weighted by molar-refractivity contribution is 0.386. The molecule has 0 unspecified atom stereocenters. The molecule has 154 valence electrons. The number of hydrogen-bond acceptors (Lipinski definition) is 4. The molecule has 5 nitrogen and oxygen atoms in total. The number of nitrogens with two attached hydrogens (primary N) is 1. The van der Waals surface area contributed by atoms with Crippen molar-refractivity contribution in [3.05, 3.63) is 81.6 Å². The third-order valence-corrected chi connectivity index (χ3v) is 4.46. The maximum atomic E-state index is 14.0. The summed E-state index contributed by atoms with van der Waals surface area (Å²) in [5.41, 5.74) is 7.81. The van der Waals surface area contributed by atoms with Crippen LogP contribution in [0.5, 0.6) is 5.75 Å². The van der Waals surface area contributed by atoms with E-state index in [-0.39, 0.29) is 36.1 Å². The molecular formula is C21H22ClF2N3O2. The standard InChI is InChI=1S/C21H21F2N3O2.ClH/c1-28-20-9-6-15(11-18(20)23)19-12-16(13-24)21(27)26(25-19)10-2-3-14-4-7-17(22)8-5-14;/h4-9,11-12H,2-3,10,13,24H2,1H3;1H. The second-order valence-corrected chi connectivity index (χ2v) is 6.37. The van der Waals surface area contributed by atoms with E-state index in [0.717, 1.165) is 5.56 Å². The Bertz CT molecular complexity index is 1020. The molecule has 0 aliphatic carbocycles. The lowest BCUT2D eigenvalue weighted by Gasteiger charge is -2.11. The van der Waals surface area contributed by atoms with Gasteiger partial charge in [0.1, 0.15) is 5.82 Å². The van der Waals surface area contributed by atoms with E-state index in [1.54, 1.807) is 24.3 Å². The minimum Gasteiger partial charge on any atom is -0.494 e. The van der Waals surface area contributed by atoms with E-state index in [0.29, 0.717) is 36.2 Å². The van der Waals surface area contributed by atoms with Gasteiger partial charge in [-0.3, -0.25) is 4.79 Å². The summed E-state index contributed by atoms with van der Waals surface area (Å²) in [7, 11) is 1.39. The van der Waals surface area contributed by atoms with E-state index in [9.17, 15) is 13.6 Å². The Labute approximate surface area is 173 Å². The van der Waals surface area contributed by atoms with Crippen molar-refractivity contribution >= 4 is 12.4 Å². The van der Waals surface area contributed by atoms with Crippen LogP contribution in [0.1, 0.15) is 17.5 Å². The normalized spacial score (nSPS) is 10.5. The Hall–Kier alpha value is -2.77. The smallest absolute Gasteiger partial charge is 0.271 e. The van der Waals surface area contributed by atoms with Crippen LogP contribution in [0.2, 0.25) is 0 Å². The zero-order chi connectivity index (χ0) is 20.1. The second kappa shape index (κ2) is 10.1. The van der Waals surface area contributed by atoms with Crippen LogP contribution in [0.15, 0.2) is 53.3 Å². The van der Waals surface area contributed by atoms with Crippen molar-refractivity contribution in [2.45, 2.75) is 25.9 Å². The average Bonchev–Trinajstić information content (AvgIpc) is 2.70. The van der Waals surface area contributed by atoms with Gasteiger partial charge in [-0.15, -0.1) is 12.4 Å². The van der Waals surface area contributed by atoms with Gasteiger partial charge in [-0.25, -0.2) is 13.5 Å². The summed E-state index contributed by atoms with van der Waals surface area (Å²) in [4.78, 5) is 12.5. The van der Waals surface area contributed by atoms with E-state index in [2.05, 4.69) is 5.10 Å². The first kappa shape index (κ1) is 22.5. The largest absolute Gasteiger partial charge is 0.494 e. The predicted molar refractivity (Wildman–Crippen MR) is 110 cm³/mol. The summed E-state index contributed by atoms with van der Waals surface area (Å²) >= 11 is 0. The Morgan fingerprint density at radius 3 is 2.45 bits per heavy atom. The molecule has 8 heteroatoms. The van der Waals surface area contributed by atoms with Gasteiger partial charge in [0.25, 0.3) is 5.56 Å². The summed E-state index contributed by atoms with van der Waals surface area (Å²) in [5.74, 6) is -0.658. The first-order valence-corrected chi connectivity index (χ1v) is 8.91. The van der Waals surface area contributed by atoms with Crippen LogP contribution in [0.3, 0.4) is 0 Å². The maximum absolute atomic E-state index is 14.0. The fraction of sp³-hybridized carbons (Fsp3) is 0.238. The third-order valence-electron chi connectivity index (χ3n) is 4.46. The van der Waals surface area contributed by atoms with Gasteiger partial charge < -0.3 is 10.5 Å². The van der Waals surface area contributed by atoms with Crippen molar-refractivity contribution in [2.75, 3.05) is 7.11 Å². The van der Waals surface area contributed by atoms with E-state index < -0.39 is 5.82 Å². The molecule has 0 aliphatic heterocycles. The van der Waals surface area contributed by atoms with Crippen molar-refractivity contribution in [1.82, 2.24) is 9.78 Å². The van der Waals surface area contributed by atoms with Gasteiger partial charge in [0, 0.05) is 24.2 Å². The zero-order valence-electron chi connectivity index (χ0n) is 15.9. The highest BCUT2D eigenvalue weighted by Crippen LogP contribution is 2.24. The quantitative estimate of drug-likeness (QED) is 0.631. The minimum atomic E-state index is -0.509. The molecule has 1 aromatic heterocycles. The van der Waals surface area contributed by atoms with Crippen molar-refractivity contribution in [3.8, 4) is 17.0 Å². The molecule has 0 bridgehead atoms. The monoisotopic (exact) mass is 421 g/mol. The minimum absolute atomic E-state index is 0.